The van der Waals surface area contributed by atoms with Gasteiger partial charge in [0.25, 0.3) is 5.91 Å². The van der Waals surface area contributed by atoms with Crippen LogP contribution in [0.3, 0.4) is 0 Å². The molecule has 11 heteroatoms. The third-order valence-electron chi connectivity index (χ3n) is 9.36. The number of aliphatic hydroxyl groups excluding tert-OH is 1. The number of ether oxygens (including phenoxy) is 2. The first-order valence-corrected chi connectivity index (χ1v) is 16.4. The summed E-state index contributed by atoms with van der Waals surface area (Å²) in [6.45, 7) is 8.99. The van der Waals surface area contributed by atoms with Gasteiger partial charge < -0.3 is 29.7 Å². The summed E-state index contributed by atoms with van der Waals surface area (Å²) in [5, 5.41) is 14.0. The molecule has 250 valence electrons. The number of carbonyl (C=O) groups is 4. The molecule has 0 radical (unpaired) electrons. The Balaban J connectivity index is 1.48. The van der Waals surface area contributed by atoms with Crippen molar-refractivity contribution in [2.75, 3.05) is 24.6 Å². The first-order chi connectivity index (χ1) is 22.6. The van der Waals surface area contributed by atoms with E-state index in [1.54, 1.807) is 43.3 Å². The van der Waals surface area contributed by atoms with Crippen LogP contribution in [0, 0.1) is 11.8 Å². The van der Waals surface area contributed by atoms with Gasteiger partial charge in [-0.1, -0.05) is 54.1 Å². The number of nitrogens with zero attached hydrogens (tertiary/aromatic N) is 2. The lowest BCUT2D eigenvalue weighted by Gasteiger charge is -2.39. The molecule has 1 spiro atoms. The van der Waals surface area contributed by atoms with Crippen molar-refractivity contribution in [3.63, 3.8) is 0 Å². The highest BCUT2D eigenvalue weighted by molar-refractivity contribution is 6.30. The van der Waals surface area contributed by atoms with Crippen LogP contribution in [0.5, 0.6) is 0 Å². The van der Waals surface area contributed by atoms with Crippen molar-refractivity contribution in [3.05, 3.63) is 90.5 Å². The van der Waals surface area contributed by atoms with Gasteiger partial charge >= 0.3 is 5.97 Å². The number of nitrogens with one attached hydrogen (secondary N) is 1. The lowest BCUT2D eigenvalue weighted by molar-refractivity contribution is -0.159. The predicted octanol–water partition coefficient (Wildman–Crippen LogP) is 3.85. The highest BCUT2D eigenvalue weighted by atomic mass is 35.5. The molecule has 2 aromatic rings. The number of hydrogen-bond donors (Lipinski definition) is 2. The molecular formula is C36H42ClN3O7. The summed E-state index contributed by atoms with van der Waals surface area (Å²) in [7, 11) is 0. The molecule has 0 aliphatic carbocycles. The molecular weight excluding hydrogens is 622 g/mol. The minimum absolute atomic E-state index is 0.109. The van der Waals surface area contributed by atoms with Crippen molar-refractivity contribution >= 4 is 41.0 Å². The molecule has 47 heavy (non-hydrogen) atoms. The van der Waals surface area contributed by atoms with Gasteiger partial charge in [0.2, 0.25) is 11.8 Å². The van der Waals surface area contributed by atoms with Gasteiger partial charge in [0, 0.05) is 23.7 Å². The number of carbonyl (C=O) groups excluding carboxylic acids is 4. The summed E-state index contributed by atoms with van der Waals surface area (Å²) >= 11 is 6.15. The van der Waals surface area contributed by atoms with Crippen LogP contribution in [0.4, 0.5) is 5.69 Å². The first kappa shape index (κ1) is 34.3. The fraction of sp³-hybridized carbons (Fsp3) is 0.444. The van der Waals surface area contributed by atoms with Gasteiger partial charge in [0.05, 0.1) is 37.1 Å². The topological polar surface area (TPSA) is 125 Å². The number of anilines is 1. The summed E-state index contributed by atoms with van der Waals surface area (Å²) in [5.74, 6) is -3.56. The van der Waals surface area contributed by atoms with Gasteiger partial charge in [-0.05, 0) is 62.4 Å². The van der Waals surface area contributed by atoms with Gasteiger partial charge in [-0.25, -0.2) is 0 Å². The largest absolute Gasteiger partial charge is 0.460 e. The van der Waals surface area contributed by atoms with Crippen molar-refractivity contribution in [1.82, 2.24) is 10.2 Å². The van der Waals surface area contributed by atoms with Crippen LogP contribution in [0.25, 0.3) is 0 Å². The maximum Gasteiger partial charge on any atom is 0.312 e. The van der Waals surface area contributed by atoms with Crippen LogP contribution >= 0.6 is 11.6 Å². The normalized spacial score (nSPS) is 25.5. The van der Waals surface area contributed by atoms with Gasteiger partial charge in [-0.2, -0.15) is 0 Å². The molecule has 5 rings (SSSR count). The number of rotatable bonds is 15. The second kappa shape index (κ2) is 14.8. The van der Waals surface area contributed by atoms with Crippen molar-refractivity contribution in [2.24, 2.45) is 11.8 Å². The Kier molecular flexibility index (Phi) is 10.8. The molecule has 2 bridgehead atoms. The van der Waals surface area contributed by atoms with E-state index in [-0.39, 0.29) is 25.4 Å². The predicted molar refractivity (Wildman–Crippen MR) is 177 cm³/mol. The Morgan fingerprint density at radius 3 is 2.55 bits per heavy atom. The third kappa shape index (κ3) is 6.86. The molecule has 3 aliphatic rings. The van der Waals surface area contributed by atoms with E-state index in [0.717, 1.165) is 5.56 Å². The zero-order valence-corrected chi connectivity index (χ0v) is 27.3. The molecule has 3 heterocycles. The fourth-order valence-electron chi connectivity index (χ4n) is 7.29. The zero-order valence-electron chi connectivity index (χ0n) is 26.6. The number of benzene rings is 2. The molecule has 0 saturated carbocycles. The Morgan fingerprint density at radius 2 is 1.89 bits per heavy atom. The minimum atomic E-state index is -1.30. The van der Waals surface area contributed by atoms with Crippen LogP contribution in [-0.2, 0) is 35.1 Å². The van der Waals surface area contributed by atoms with Gasteiger partial charge in [-0.15, -0.1) is 13.2 Å². The molecule has 0 unspecified atom stereocenters. The molecule has 10 nitrogen and oxygen atoms in total. The molecule has 0 aromatic heterocycles. The van der Waals surface area contributed by atoms with Crippen LogP contribution in [0.1, 0.15) is 38.2 Å². The number of fused-ring (bicyclic) bond motifs is 1. The zero-order chi connectivity index (χ0) is 33.7. The van der Waals surface area contributed by atoms with E-state index >= 15 is 0 Å². The maximum absolute atomic E-state index is 14.8. The van der Waals surface area contributed by atoms with E-state index in [9.17, 15) is 24.3 Å². The van der Waals surface area contributed by atoms with E-state index in [4.69, 9.17) is 21.1 Å². The highest BCUT2D eigenvalue weighted by Gasteiger charge is 2.75. The molecule has 3 saturated heterocycles. The van der Waals surface area contributed by atoms with E-state index in [2.05, 4.69) is 18.5 Å². The van der Waals surface area contributed by atoms with E-state index in [1.807, 2.05) is 30.3 Å². The first-order valence-electron chi connectivity index (χ1n) is 16.1. The van der Waals surface area contributed by atoms with Crippen molar-refractivity contribution in [1.29, 1.82) is 0 Å². The molecule has 3 amide bonds. The molecule has 7 atom stereocenters. The molecule has 3 aliphatic heterocycles. The number of halogens is 1. The van der Waals surface area contributed by atoms with Gasteiger partial charge in [0.1, 0.15) is 17.7 Å². The number of amides is 3. The second-order valence-electron chi connectivity index (χ2n) is 12.4. The summed E-state index contributed by atoms with van der Waals surface area (Å²) in [4.78, 5) is 58.2. The number of allylic oxidation sites excluding steroid dienone is 1. The summed E-state index contributed by atoms with van der Waals surface area (Å²) in [5.41, 5.74) is 0.133. The quantitative estimate of drug-likeness (QED) is 0.219. The Morgan fingerprint density at radius 1 is 1.17 bits per heavy atom. The summed E-state index contributed by atoms with van der Waals surface area (Å²) < 4.78 is 12.4. The second-order valence-corrected chi connectivity index (χ2v) is 12.9. The van der Waals surface area contributed by atoms with E-state index in [1.165, 1.54) is 9.80 Å². The fourth-order valence-corrected chi connectivity index (χ4v) is 7.41. The Labute approximate surface area is 280 Å². The lowest BCUT2D eigenvalue weighted by Crippen LogP contribution is -2.59. The number of esters is 1. The Hall–Kier alpha value is -3.99. The number of hydrogen-bond acceptors (Lipinski definition) is 7. The Bertz CT molecular complexity index is 1490. The van der Waals surface area contributed by atoms with Gasteiger partial charge in [-0.3, -0.25) is 19.2 Å². The molecule has 2 aromatic carbocycles. The van der Waals surface area contributed by atoms with Crippen molar-refractivity contribution in [2.45, 2.75) is 68.9 Å². The van der Waals surface area contributed by atoms with Crippen molar-refractivity contribution in [3.8, 4) is 0 Å². The average Bonchev–Trinajstić information content (AvgIpc) is 3.72. The SMILES string of the molecule is C=CCCC(=O)NC[C@@H](C)OC(=O)[C@@H]1[C@@H]2CC[C@]3(O2)[C@H](C(=O)N(CC=C)c2ccc(Cl)cc2)N([C@@H](CO)Cc2ccccc2)C(=O)[C@@H]13. The van der Waals surface area contributed by atoms with Crippen molar-refractivity contribution < 1.29 is 33.8 Å². The van der Waals surface area contributed by atoms with Crippen LogP contribution in [-0.4, -0.2) is 83.3 Å². The highest BCUT2D eigenvalue weighted by Crippen LogP contribution is 2.59. The van der Waals surface area contributed by atoms with Crippen LogP contribution in [0.15, 0.2) is 79.9 Å². The lowest BCUT2D eigenvalue weighted by atomic mass is 9.70. The number of likely N-dealkylation sites (tertiary alicyclic amines) is 1. The average molecular weight is 664 g/mol. The molecule has 3 fully saturated rings. The standard InChI is InChI=1S/C36H42ClN3O7/c1-4-6-12-29(42)38-21-23(3)46-35(45)30-28-17-18-36(47-28)31(30)33(43)40(27(22-41)20-24-10-8-7-9-11-24)32(36)34(44)39(19-5-2)26-15-13-25(37)14-16-26/h4-5,7-11,13-16,23,27-28,30-32,41H,1-2,6,12,17-22H2,3H3,(H,38,42)/t23-,27-,28+,30-,31-,32+,36-/m1/s1. The maximum atomic E-state index is 14.8. The third-order valence-corrected chi connectivity index (χ3v) is 9.61. The summed E-state index contributed by atoms with van der Waals surface area (Å²) in [6, 6.07) is 14.3. The number of aliphatic hydroxyl groups is 1. The van der Waals surface area contributed by atoms with E-state index in [0.29, 0.717) is 36.4 Å². The summed E-state index contributed by atoms with van der Waals surface area (Å²) in [6.07, 6.45) is 3.91. The van der Waals surface area contributed by atoms with Crippen LogP contribution in [0.2, 0.25) is 5.02 Å². The van der Waals surface area contributed by atoms with Crippen LogP contribution < -0.4 is 10.2 Å². The monoisotopic (exact) mass is 663 g/mol. The van der Waals surface area contributed by atoms with E-state index < -0.39 is 66.1 Å². The smallest absolute Gasteiger partial charge is 0.312 e. The van der Waals surface area contributed by atoms with Gasteiger partial charge in [0.15, 0.2) is 0 Å². The minimum Gasteiger partial charge on any atom is -0.460 e. The molecule has 2 N–H and O–H groups in total.